The number of rotatable bonds is 3. The quantitative estimate of drug-likeness (QED) is 0.558. The standard InChI is InChI=1S/C6H24N4Si4/c1-9(2)6-11-10-13(4)7-12(3)8-14(10)5/h7-8,12-14H,6,11H2,1-5H3. The lowest BCUT2D eigenvalue weighted by atomic mass is 11.0. The van der Waals surface area contributed by atoms with E-state index in [9.17, 15) is 0 Å². The molecule has 2 N–H and O–H groups in total. The van der Waals surface area contributed by atoms with Crippen molar-refractivity contribution in [2.24, 2.45) is 0 Å². The van der Waals surface area contributed by atoms with Gasteiger partial charge in [0, 0.05) is 0 Å². The third-order valence-electron chi connectivity index (χ3n) is 2.78. The lowest BCUT2D eigenvalue weighted by Gasteiger charge is -2.42. The third kappa shape index (κ3) is 3.70. The molecule has 1 aliphatic rings. The maximum atomic E-state index is 3.83. The van der Waals surface area contributed by atoms with Gasteiger partial charge in [-0.15, -0.1) is 0 Å². The first kappa shape index (κ1) is 12.8. The minimum atomic E-state index is -0.708. The van der Waals surface area contributed by atoms with Crippen LogP contribution in [0, 0.1) is 0 Å². The van der Waals surface area contributed by atoms with Crippen LogP contribution in [0.2, 0.25) is 19.6 Å². The molecule has 1 fully saturated rings. The summed E-state index contributed by atoms with van der Waals surface area (Å²) in [5, 5.41) is 0. The van der Waals surface area contributed by atoms with Gasteiger partial charge in [-0.25, -0.2) is 0 Å². The Morgan fingerprint density at radius 3 is 2.07 bits per heavy atom. The highest BCUT2D eigenvalue weighted by atomic mass is 28.5. The van der Waals surface area contributed by atoms with Crippen LogP contribution < -0.4 is 9.30 Å². The van der Waals surface area contributed by atoms with Gasteiger partial charge in [0.2, 0.25) is 0 Å². The molecule has 0 aromatic heterocycles. The normalized spacial score (nSPS) is 36.0. The summed E-state index contributed by atoms with van der Waals surface area (Å²) in [6.07, 6.45) is 1.33. The summed E-state index contributed by atoms with van der Waals surface area (Å²) >= 11 is 0. The summed E-state index contributed by atoms with van der Waals surface area (Å²) in [6.45, 7) is 7.32. The van der Waals surface area contributed by atoms with Crippen LogP contribution in [0.25, 0.3) is 0 Å². The van der Waals surface area contributed by atoms with Crippen molar-refractivity contribution in [2.45, 2.75) is 19.6 Å². The second-order valence-electron chi connectivity index (χ2n) is 4.45. The number of nitrogens with zero attached hydrogens (tertiary/aromatic N) is 2. The highest BCUT2D eigenvalue weighted by Gasteiger charge is 2.29. The molecule has 1 rings (SSSR count). The maximum absolute atomic E-state index is 3.83. The van der Waals surface area contributed by atoms with Gasteiger partial charge in [0.25, 0.3) is 0 Å². The lowest BCUT2D eigenvalue weighted by molar-refractivity contribution is 0.473. The molecule has 0 aliphatic carbocycles. The summed E-state index contributed by atoms with van der Waals surface area (Å²) in [4.78, 5) is 2.34. The minimum absolute atomic E-state index is 0.0196. The van der Waals surface area contributed by atoms with Gasteiger partial charge in [0.05, 0.1) is 9.68 Å². The van der Waals surface area contributed by atoms with E-state index in [2.05, 4.69) is 51.8 Å². The molecular weight excluding hydrogens is 240 g/mol. The van der Waals surface area contributed by atoms with Crippen LogP contribution >= 0.6 is 0 Å². The molecule has 1 saturated heterocycles. The van der Waals surface area contributed by atoms with Crippen molar-refractivity contribution < 1.29 is 0 Å². The lowest BCUT2D eigenvalue weighted by Crippen LogP contribution is -2.74. The smallest absolute Gasteiger partial charge is 0.169 e. The van der Waals surface area contributed by atoms with Gasteiger partial charge < -0.3 is 18.1 Å². The van der Waals surface area contributed by atoms with E-state index in [1.54, 1.807) is 0 Å². The van der Waals surface area contributed by atoms with Crippen LogP contribution in [0.4, 0.5) is 0 Å². The van der Waals surface area contributed by atoms with E-state index in [1.807, 2.05) is 0 Å². The molecule has 84 valence electrons. The first-order valence-corrected chi connectivity index (χ1v) is 13.9. The van der Waals surface area contributed by atoms with E-state index >= 15 is 0 Å². The third-order valence-corrected chi connectivity index (χ3v) is 21.8. The van der Waals surface area contributed by atoms with Crippen molar-refractivity contribution in [1.29, 1.82) is 0 Å². The molecule has 0 saturated carbocycles. The Morgan fingerprint density at radius 2 is 1.64 bits per heavy atom. The van der Waals surface area contributed by atoms with Crippen molar-refractivity contribution in [3.8, 4) is 0 Å². The van der Waals surface area contributed by atoms with E-state index < -0.39 is 27.4 Å². The van der Waals surface area contributed by atoms with Gasteiger partial charge in [-0.05, 0) is 39.9 Å². The van der Waals surface area contributed by atoms with Gasteiger partial charge >= 0.3 is 0 Å². The van der Waals surface area contributed by atoms with Gasteiger partial charge in [-0.2, -0.15) is 0 Å². The molecule has 2 atom stereocenters. The maximum Gasteiger partial charge on any atom is 0.169 e. The molecule has 0 radical (unpaired) electrons. The van der Waals surface area contributed by atoms with E-state index in [4.69, 9.17) is 0 Å². The van der Waals surface area contributed by atoms with E-state index in [0.29, 0.717) is 0 Å². The van der Waals surface area contributed by atoms with Crippen LogP contribution in [-0.4, -0.2) is 66.1 Å². The summed E-state index contributed by atoms with van der Waals surface area (Å²) < 4.78 is 10.5. The average Bonchev–Trinajstić information content (AvgIpc) is 2.01. The van der Waals surface area contributed by atoms with Crippen LogP contribution in [-0.2, 0) is 0 Å². The largest absolute Gasteiger partial charge is 0.354 e. The van der Waals surface area contributed by atoms with E-state index in [0.717, 1.165) is 0 Å². The van der Waals surface area contributed by atoms with Crippen molar-refractivity contribution in [3.05, 3.63) is 0 Å². The zero-order valence-electron chi connectivity index (χ0n) is 10.0. The van der Waals surface area contributed by atoms with Crippen molar-refractivity contribution in [1.82, 2.24) is 18.1 Å². The summed E-state index contributed by atoms with van der Waals surface area (Å²) in [7, 11) is 2.24. The molecule has 1 aliphatic heterocycles. The Morgan fingerprint density at radius 1 is 1.14 bits per heavy atom. The van der Waals surface area contributed by atoms with Crippen molar-refractivity contribution in [2.75, 3.05) is 20.3 Å². The molecule has 14 heavy (non-hydrogen) atoms. The second-order valence-corrected chi connectivity index (χ2v) is 16.3. The Balaban J connectivity index is 2.41. The Hall–Kier alpha value is 0.708. The Kier molecular flexibility index (Phi) is 5.20. The summed E-state index contributed by atoms with van der Waals surface area (Å²) in [5.41, 5.74) is 0. The Bertz CT molecular complexity index is 169. The number of hydrogen-bond donors (Lipinski definition) is 2. The molecule has 4 nitrogen and oxygen atoms in total. The molecule has 0 amide bonds. The predicted octanol–water partition coefficient (Wildman–Crippen LogP) is -2.36. The van der Waals surface area contributed by atoms with Crippen molar-refractivity contribution in [3.63, 3.8) is 0 Å². The molecular formula is C6H24N4Si4. The number of nitrogens with one attached hydrogen (secondary N) is 2. The van der Waals surface area contributed by atoms with Gasteiger partial charge in [0.1, 0.15) is 0 Å². The molecule has 2 unspecified atom stereocenters. The second kappa shape index (κ2) is 5.70. The fourth-order valence-corrected chi connectivity index (χ4v) is 21.1. The fourth-order valence-electron chi connectivity index (χ4n) is 2.00. The van der Waals surface area contributed by atoms with E-state index in [1.165, 1.54) is 6.17 Å². The molecule has 0 bridgehead atoms. The van der Waals surface area contributed by atoms with E-state index in [-0.39, 0.29) is 9.68 Å². The van der Waals surface area contributed by atoms with Crippen LogP contribution in [0.5, 0.6) is 0 Å². The van der Waals surface area contributed by atoms with Crippen LogP contribution in [0.1, 0.15) is 0 Å². The molecule has 0 spiro atoms. The fraction of sp³-hybridized carbons (Fsp3) is 1.00. The van der Waals surface area contributed by atoms with Gasteiger partial charge in [-0.1, -0.05) is 0 Å². The van der Waals surface area contributed by atoms with Gasteiger partial charge in [-0.3, -0.25) is 0 Å². The molecule has 0 aromatic rings. The minimum Gasteiger partial charge on any atom is -0.354 e. The highest BCUT2D eigenvalue weighted by Crippen LogP contribution is 1.99. The topological polar surface area (TPSA) is 30.5 Å². The average molecular weight is 265 g/mol. The van der Waals surface area contributed by atoms with Crippen molar-refractivity contribution >= 4 is 37.0 Å². The van der Waals surface area contributed by atoms with Crippen LogP contribution in [0.15, 0.2) is 0 Å². The molecule has 1 heterocycles. The molecule has 8 heteroatoms. The zero-order chi connectivity index (χ0) is 10.7. The first-order valence-electron chi connectivity index (χ1n) is 5.43. The molecule has 0 aromatic carbocycles. The van der Waals surface area contributed by atoms with Gasteiger partial charge in [0.15, 0.2) is 27.4 Å². The Labute approximate surface area is 95.2 Å². The first-order chi connectivity index (χ1) is 6.50. The SMILES string of the molecule is CN(C)C[SiH2]N1[SiH](C)N[SiH](C)N[SiH]1C. The monoisotopic (exact) mass is 264 g/mol. The summed E-state index contributed by atoms with van der Waals surface area (Å²) in [6, 6.07) is 0. The summed E-state index contributed by atoms with van der Waals surface area (Å²) in [5.74, 6) is 0. The number of hydrogen-bond acceptors (Lipinski definition) is 4. The zero-order valence-corrected chi connectivity index (χ0v) is 14.9. The highest BCUT2D eigenvalue weighted by molar-refractivity contribution is 6.90. The predicted molar refractivity (Wildman–Crippen MR) is 74.2 cm³/mol. The van der Waals surface area contributed by atoms with Crippen LogP contribution in [0.3, 0.4) is 0 Å².